The molecule has 0 unspecified atom stereocenters. The van der Waals surface area contributed by atoms with E-state index in [2.05, 4.69) is 5.32 Å². The Hall–Kier alpha value is -3.41. The number of nitro groups is 1. The van der Waals surface area contributed by atoms with Gasteiger partial charge in [0.25, 0.3) is 11.6 Å². The van der Waals surface area contributed by atoms with Gasteiger partial charge in [0.2, 0.25) is 0 Å². The van der Waals surface area contributed by atoms with Crippen LogP contribution < -0.4 is 10.1 Å². The molecule has 24 heavy (non-hydrogen) atoms. The zero-order valence-electron chi connectivity index (χ0n) is 12.6. The van der Waals surface area contributed by atoms with Crippen molar-refractivity contribution in [2.75, 3.05) is 11.9 Å². The Bertz CT molecular complexity index is 903. The smallest absolute Gasteiger partial charge is 0.292 e. The molecule has 120 valence electrons. The van der Waals surface area contributed by atoms with Crippen molar-refractivity contribution >= 4 is 28.1 Å². The fourth-order valence-electron chi connectivity index (χ4n) is 2.39. The van der Waals surface area contributed by atoms with Crippen molar-refractivity contribution < 1.29 is 14.5 Å². The van der Waals surface area contributed by atoms with Gasteiger partial charge in [0.15, 0.2) is 6.61 Å². The molecule has 1 amide bonds. The van der Waals surface area contributed by atoms with Gasteiger partial charge < -0.3 is 10.1 Å². The van der Waals surface area contributed by atoms with Gasteiger partial charge in [-0.2, -0.15) is 0 Å². The minimum atomic E-state index is -0.541. The number of para-hydroxylation sites is 2. The van der Waals surface area contributed by atoms with E-state index in [9.17, 15) is 14.9 Å². The molecule has 3 rings (SSSR count). The highest BCUT2D eigenvalue weighted by Gasteiger charge is 2.15. The van der Waals surface area contributed by atoms with Crippen molar-refractivity contribution in [3.8, 4) is 5.75 Å². The summed E-state index contributed by atoms with van der Waals surface area (Å²) in [5, 5.41) is 15.4. The molecular formula is C18H14N2O4. The van der Waals surface area contributed by atoms with Crippen LogP contribution in [0.15, 0.2) is 66.7 Å². The molecule has 0 spiro atoms. The van der Waals surface area contributed by atoms with Crippen LogP contribution in [0.1, 0.15) is 0 Å². The van der Waals surface area contributed by atoms with E-state index >= 15 is 0 Å². The second-order valence-electron chi connectivity index (χ2n) is 5.09. The first-order chi connectivity index (χ1) is 11.6. The third kappa shape index (κ3) is 3.33. The van der Waals surface area contributed by atoms with Gasteiger partial charge in [0.1, 0.15) is 11.4 Å². The van der Waals surface area contributed by atoms with Crippen LogP contribution in [0.2, 0.25) is 0 Å². The number of carbonyl (C=O) groups excluding carboxylic acids is 1. The van der Waals surface area contributed by atoms with Crippen molar-refractivity contribution in [3.05, 3.63) is 76.8 Å². The van der Waals surface area contributed by atoms with Gasteiger partial charge in [-0.05, 0) is 17.5 Å². The van der Waals surface area contributed by atoms with Crippen molar-refractivity contribution in [2.45, 2.75) is 0 Å². The molecule has 0 fully saturated rings. The maximum atomic E-state index is 12.0. The first-order valence-electron chi connectivity index (χ1n) is 7.29. The second-order valence-corrected chi connectivity index (χ2v) is 5.09. The predicted molar refractivity (Wildman–Crippen MR) is 91.2 cm³/mol. The highest BCUT2D eigenvalue weighted by Crippen LogP contribution is 2.26. The summed E-state index contributed by atoms with van der Waals surface area (Å²) in [5.74, 6) is 0.128. The number of hydrogen-bond donors (Lipinski definition) is 1. The fourth-order valence-corrected chi connectivity index (χ4v) is 2.39. The van der Waals surface area contributed by atoms with E-state index in [4.69, 9.17) is 4.74 Å². The van der Waals surface area contributed by atoms with Crippen LogP contribution in [-0.2, 0) is 4.79 Å². The number of nitrogens with zero attached hydrogens (tertiary/aromatic N) is 1. The lowest BCUT2D eigenvalue weighted by Crippen LogP contribution is -2.20. The van der Waals surface area contributed by atoms with Crippen LogP contribution in [0.25, 0.3) is 10.8 Å². The zero-order chi connectivity index (χ0) is 16.9. The fraction of sp³-hybridized carbons (Fsp3) is 0.0556. The van der Waals surface area contributed by atoms with Gasteiger partial charge >= 0.3 is 0 Å². The Balaban J connectivity index is 1.71. The summed E-state index contributed by atoms with van der Waals surface area (Å²) < 4.78 is 5.57. The van der Waals surface area contributed by atoms with Gasteiger partial charge in [-0.3, -0.25) is 14.9 Å². The summed E-state index contributed by atoms with van der Waals surface area (Å²) in [6, 6.07) is 19.2. The van der Waals surface area contributed by atoms with Crippen LogP contribution in [0.4, 0.5) is 11.4 Å². The number of nitro benzene ring substituents is 1. The number of carbonyl (C=O) groups is 1. The van der Waals surface area contributed by atoms with Crippen LogP contribution in [-0.4, -0.2) is 17.4 Å². The maximum absolute atomic E-state index is 12.0. The molecular weight excluding hydrogens is 308 g/mol. The molecule has 3 aromatic rings. The van der Waals surface area contributed by atoms with Crippen molar-refractivity contribution in [3.63, 3.8) is 0 Å². The number of rotatable bonds is 5. The van der Waals surface area contributed by atoms with E-state index < -0.39 is 10.8 Å². The van der Waals surface area contributed by atoms with Gasteiger partial charge in [-0.15, -0.1) is 0 Å². The number of amides is 1. The van der Waals surface area contributed by atoms with E-state index in [-0.39, 0.29) is 18.0 Å². The molecule has 1 N–H and O–H groups in total. The second kappa shape index (κ2) is 6.78. The average molecular weight is 322 g/mol. The highest BCUT2D eigenvalue weighted by molar-refractivity contribution is 5.94. The van der Waals surface area contributed by atoms with Gasteiger partial charge in [0, 0.05) is 11.5 Å². The van der Waals surface area contributed by atoms with Crippen LogP contribution >= 0.6 is 0 Å². The average Bonchev–Trinajstić information content (AvgIpc) is 2.60. The molecule has 0 atom stereocenters. The molecule has 0 bridgehead atoms. The lowest BCUT2D eigenvalue weighted by molar-refractivity contribution is -0.383. The number of benzene rings is 3. The SMILES string of the molecule is O=C(COc1cccc2ccccc12)Nc1ccccc1[N+](=O)[O-]. The lowest BCUT2D eigenvalue weighted by Gasteiger charge is -2.10. The molecule has 0 aliphatic rings. The monoisotopic (exact) mass is 322 g/mol. The largest absolute Gasteiger partial charge is 0.483 e. The van der Waals surface area contributed by atoms with Crippen LogP contribution in [0.3, 0.4) is 0 Å². The molecule has 6 heteroatoms. The van der Waals surface area contributed by atoms with E-state index in [1.54, 1.807) is 18.2 Å². The molecule has 3 aromatic carbocycles. The van der Waals surface area contributed by atoms with Crippen molar-refractivity contribution in [2.24, 2.45) is 0 Å². The standard InChI is InChI=1S/C18H14N2O4/c21-18(19-15-9-3-4-10-16(15)20(22)23)12-24-17-11-5-7-13-6-1-2-8-14(13)17/h1-11H,12H2,(H,19,21). The lowest BCUT2D eigenvalue weighted by atomic mass is 10.1. The maximum Gasteiger partial charge on any atom is 0.292 e. The summed E-state index contributed by atoms with van der Waals surface area (Å²) in [4.78, 5) is 22.4. The third-order valence-corrected chi connectivity index (χ3v) is 3.48. The molecule has 0 aliphatic heterocycles. The minimum Gasteiger partial charge on any atom is -0.483 e. The number of anilines is 1. The Morgan fingerprint density at radius 1 is 1.00 bits per heavy atom. The van der Waals surface area contributed by atoms with Crippen molar-refractivity contribution in [1.29, 1.82) is 0 Å². The van der Waals surface area contributed by atoms with Crippen molar-refractivity contribution in [1.82, 2.24) is 0 Å². The molecule has 0 aromatic heterocycles. The van der Waals surface area contributed by atoms with Crippen LogP contribution in [0, 0.1) is 10.1 Å². The summed E-state index contributed by atoms with van der Waals surface area (Å²) >= 11 is 0. The molecule has 0 saturated carbocycles. The number of ether oxygens (including phenoxy) is 1. The van der Waals surface area contributed by atoms with Gasteiger partial charge in [-0.25, -0.2) is 0 Å². The molecule has 0 aliphatic carbocycles. The number of fused-ring (bicyclic) bond motifs is 1. The Morgan fingerprint density at radius 2 is 1.71 bits per heavy atom. The molecule has 0 saturated heterocycles. The van der Waals surface area contributed by atoms with E-state index in [0.717, 1.165) is 10.8 Å². The zero-order valence-corrected chi connectivity index (χ0v) is 12.6. The quantitative estimate of drug-likeness (QED) is 0.573. The van der Waals surface area contributed by atoms with E-state index in [1.165, 1.54) is 12.1 Å². The minimum absolute atomic E-state index is 0.147. The summed E-state index contributed by atoms with van der Waals surface area (Å²) in [6.45, 7) is -0.236. The van der Waals surface area contributed by atoms with Gasteiger partial charge in [0.05, 0.1) is 4.92 Å². The summed E-state index contributed by atoms with van der Waals surface area (Å²) in [7, 11) is 0. The Kier molecular flexibility index (Phi) is 4.38. The third-order valence-electron chi connectivity index (χ3n) is 3.48. The van der Waals surface area contributed by atoms with E-state index in [0.29, 0.717) is 5.75 Å². The topological polar surface area (TPSA) is 81.5 Å². The first-order valence-corrected chi connectivity index (χ1v) is 7.29. The molecule has 6 nitrogen and oxygen atoms in total. The predicted octanol–water partition coefficient (Wildman–Crippen LogP) is 3.77. The van der Waals surface area contributed by atoms with Crippen LogP contribution in [0.5, 0.6) is 5.75 Å². The number of hydrogen-bond acceptors (Lipinski definition) is 4. The van der Waals surface area contributed by atoms with Gasteiger partial charge in [-0.1, -0.05) is 48.5 Å². The highest BCUT2D eigenvalue weighted by atomic mass is 16.6. The Morgan fingerprint density at radius 3 is 2.54 bits per heavy atom. The number of nitrogens with one attached hydrogen (secondary N) is 1. The summed E-state index contributed by atoms with van der Waals surface area (Å²) in [6.07, 6.45) is 0. The first kappa shape index (κ1) is 15.5. The molecule has 0 heterocycles. The summed E-state index contributed by atoms with van der Waals surface area (Å²) in [5.41, 5.74) is -0.00923. The molecule has 0 radical (unpaired) electrons. The van der Waals surface area contributed by atoms with E-state index in [1.807, 2.05) is 36.4 Å². The Labute approximate surface area is 137 Å². The normalized spacial score (nSPS) is 10.3.